The number of thiazole rings is 1. The second kappa shape index (κ2) is 8.60. The van der Waals surface area contributed by atoms with Crippen LogP contribution in [-0.4, -0.2) is 29.0 Å². The zero-order valence-corrected chi connectivity index (χ0v) is 15.6. The van der Waals surface area contributed by atoms with Gasteiger partial charge in [0, 0.05) is 23.8 Å². The van der Waals surface area contributed by atoms with Gasteiger partial charge in [-0.15, -0.1) is 11.3 Å². The highest BCUT2D eigenvalue weighted by Crippen LogP contribution is 2.27. The fourth-order valence-corrected chi connectivity index (χ4v) is 3.62. The van der Waals surface area contributed by atoms with Crippen molar-refractivity contribution in [1.29, 1.82) is 0 Å². The average Bonchev–Trinajstić information content (AvgIpc) is 3.15. The number of Topliss-reactive ketones (excluding diaryl/α,β-unsaturated/α-hetero) is 1. The summed E-state index contributed by atoms with van der Waals surface area (Å²) < 4.78 is 5.15. The van der Waals surface area contributed by atoms with E-state index in [2.05, 4.69) is 4.98 Å². The molecule has 0 fully saturated rings. The highest BCUT2D eigenvalue weighted by atomic mass is 32.1. The van der Waals surface area contributed by atoms with Crippen LogP contribution in [0.4, 0.5) is 0 Å². The van der Waals surface area contributed by atoms with Crippen LogP contribution < -0.4 is 4.74 Å². The molecule has 138 valence electrons. The van der Waals surface area contributed by atoms with E-state index in [4.69, 9.17) is 4.74 Å². The lowest BCUT2D eigenvalue weighted by Gasteiger charge is -2.11. The summed E-state index contributed by atoms with van der Waals surface area (Å²) in [6, 6.07) is 16.4. The van der Waals surface area contributed by atoms with Gasteiger partial charge >= 0.3 is 5.97 Å². The number of benzene rings is 2. The molecule has 1 heterocycles. The van der Waals surface area contributed by atoms with Crippen molar-refractivity contribution in [2.24, 2.45) is 0 Å². The third-order valence-electron chi connectivity index (χ3n) is 4.20. The Balaban J connectivity index is 1.67. The first-order valence-electron chi connectivity index (χ1n) is 8.45. The number of carbonyl (C=O) groups is 2. The maximum atomic E-state index is 12.4. The largest absolute Gasteiger partial charge is 0.497 e. The first kappa shape index (κ1) is 18.8. The van der Waals surface area contributed by atoms with Crippen LogP contribution in [0.25, 0.3) is 10.6 Å². The van der Waals surface area contributed by atoms with E-state index in [-0.39, 0.29) is 18.6 Å². The van der Waals surface area contributed by atoms with E-state index >= 15 is 0 Å². The third-order valence-corrected chi connectivity index (χ3v) is 5.14. The standard InChI is InChI=1S/C21H19NO4S/c1-26-18-9-7-15(8-10-18)20-22-16(13-27-20)11-17(23)12-19(21(24)25)14-5-3-2-4-6-14/h2-10,13,19H,11-12H2,1H3,(H,24,25). The van der Waals surface area contributed by atoms with E-state index in [1.54, 1.807) is 31.4 Å². The number of aromatic nitrogens is 1. The number of rotatable bonds is 8. The number of hydrogen-bond donors (Lipinski definition) is 1. The Morgan fingerprint density at radius 1 is 1.11 bits per heavy atom. The number of nitrogens with zero attached hydrogens (tertiary/aromatic N) is 1. The molecule has 0 saturated carbocycles. The number of ether oxygens (including phenoxy) is 1. The van der Waals surface area contributed by atoms with Gasteiger partial charge in [-0.05, 0) is 29.8 Å². The molecule has 6 heteroatoms. The second-order valence-electron chi connectivity index (χ2n) is 6.09. The molecule has 0 spiro atoms. The molecule has 2 aromatic carbocycles. The maximum absolute atomic E-state index is 12.4. The molecule has 1 aromatic heterocycles. The van der Waals surface area contributed by atoms with Gasteiger partial charge in [-0.3, -0.25) is 9.59 Å². The maximum Gasteiger partial charge on any atom is 0.311 e. The van der Waals surface area contributed by atoms with Crippen molar-refractivity contribution in [3.63, 3.8) is 0 Å². The number of carboxylic acids is 1. The van der Waals surface area contributed by atoms with Gasteiger partial charge in [-0.25, -0.2) is 4.98 Å². The molecule has 5 nitrogen and oxygen atoms in total. The van der Waals surface area contributed by atoms with Crippen molar-refractivity contribution in [3.05, 3.63) is 71.2 Å². The quantitative estimate of drug-likeness (QED) is 0.633. The predicted molar refractivity (Wildman–Crippen MR) is 104 cm³/mol. The van der Waals surface area contributed by atoms with Gasteiger partial charge in [0.15, 0.2) is 0 Å². The van der Waals surface area contributed by atoms with Gasteiger partial charge in [0.25, 0.3) is 0 Å². The van der Waals surface area contributed by atoms with Crippen LogP contribution in [0.5, 0.6) is 5.75 Å². The van der Waals surface area contributed by atoms with Crippen LogP contribution >= 0.6 is 11.3 Å². The first-order chi connectivity index (χ1) is 13.1. The average molecular weight is 381 g/mol. The zero-order valence-electron chi connectivity index (χ0n) is 14.8. The summed E-state index contributed by atoms with van der Waals surface area (Å²) in [5, 5.41) is 12.1. The number of ketones is 1. The van der Waals surface area contributed by atoms with E-state index in [9.17, 15) is 14.7 Å². The van der Waals surface area contributed by atoms with Gasteiger partial charge in [0.05, 0.1) is 18.7 Å². The molecule has 0 aliphatic carbocycles. The predicted octanol–water partition coefficient (Wildman–Crippen LogP) is 4.19. The summed E-state index contributed by atoms with van der Waals surface area (Å²) in [6.07, 6.45) is 0.0814. The molecule has 1 atom stereocenters. The Morgan fingerprint density at radius 2 is 1.81 bits per heavy atom. The fourth-order valence-electron chi connectivity index (χ4n) is 2.79. The summed E-state index contributed by atoms with van der Waals surface area (Å²) in [4.78, 5) is 28.5. The minimum Gasteiger partial charge on any atom is -0.497 e. The van der Waals surface area contributed by atoms with Crippen LogP contribution in [0.2, 0.25) is 0 Å². The molecule has 1 N–H and O–H groups in total. The smallest absolute Gasteiger partial charge is 0.311 e. The molecule has 3 rings (SSSR count). The van der Waals surface area contributed by atoms with Crippen molar-refractivity contribution in [1.82, 2.24) is 4.98 Å². The molecular weight excluding hydrogens is 362 g/mol. The molecule has 3 aromatic rings. The SMILES string of the molecule is COc1ccc(-c2nc(CC(=O)CC(C(=O)O)c3ccccc3)cs2)cc1. The number of carbonyl (C=O) groups excluding carboxylic acids is 1. The number of methoxy groups -OCH3 is 1. The normalized spacial score (nSPS) is 11.7. The van der Waals surface area contributed by atoms with Crippen LogP contribution in [0, 0.1) is 0 Å². The Hall–Kier alpha value is -2.99. The Labute approximate surface area is 161 Å². The highest BCUT2D eigenvalue weighted by Gasteiger charge is 2.23. The van der Waals surface area contributed by atoms with Crippen LogP contribution in [0.3, 0.4) is 0 Å². The fraction of sp³-hybridized carbons (Fsp3) is 0.190. The van der Waals surface area contributed by atoms with Crippen LogP contribution in [-0.2, 0) is 16.0 Å². The summed E-state index contributed by atoms with van der Waals surface area (Å²) in [5.74, 6) is -1.20. The molecule has 1 unspecified atom stereocenters. The van der Waals surface area contributed by atoms with Gasteiger partial charge < -0.3 is 9.84 Å². The summed E-state index contributed by atoms with van der Waals surface area (Å²) in [6.45, 7) is 0. The van der Waals surface area contributed by atoms with Crippen molar-refractivity contribution in [2.45, 2.75) is 18.8 Å². The summed E-state index contributed by atoms with van der Waals surface area (Å²) in [5.41, 5.74) is 2.25. The van der Waals surface area contributed by atoms with Crippen molar-refractivity contribution in [2.75, 3.05) is 7.11 Å². The first-order valence-corrected chi connectivity index (χ1v) is 9.33. The lowest BCUT2D eigenvalue weighted by atomic mass is 9.93. The van der Waals surface area contributed by atoms with E-state index in [1.165, 1.54) is 11.3 Å². The third kappa shape index (κ3) is 4.80. The Kier molecular flexibility index (Phi) is 5.98. The van der Waals surface area contributed by atoms with Crippen molar-refractivity contribution in [3.8, 4) is 16.3 Å². The van der Waals surface area contributed by atoms with E-state index in [0.717, 1.165) is 16.3 Å². The monoisotopic (exact) mass is 381 g/mol. The van der Waals surface area contributed by atoms with E-state index in [0.29, 0.717) is 11.3 Å². The summed E-state index contributed by atoms with van der Waals surface area (Å²) >= 11 is 1.46. The Morgan fingerprint density at radius 3 is 2.44 bits per heavy atom. The molecule has 0 radical (unpaired) electrons. The van der Waals surface area contributed by atoms with Crippen molar-refractivity contribution < 1.29 is 19.4 Å². The van der Waals surface area contributed by atoms with Gasteiger partial charge in [0.2, 0.25) is 0 Å². The molecule has 27 heavy (non-hydrogen) atoms. The number of aliphatic carboxylic acids is 1. The molecule has 0 saturated heterocycles. The molecule has 0 aliphatic heterocycles. The summed E-state index contributed by atoms with van der Waals surface area (Å²) in [7, 11) is 1.61. The van der Waals surface area contributed by atoms with Gasteiger partial charge in [-0.2, -0.15) is 0 Å². The Bertz CT molecular complexity index is 919. The molecule has 0 amide bonds. The topological polar surface area (TPSA) is 76.5 Å². The van der Waals surface area contributed by atoms with E-state index < -0.39 is 11.9 Å². The minimum absolute atomic E-state index is 0.0469. The van der Waals surface area contributed by atoms with E-state index in [1.807, 2.05) is 35.7 Å². The highest BCUT2D eigenvalue weighted by molar-refractivity contribution is 7.13. The molecule has 0 aliphatic rings. The van der Waals surface area contributed by atoms with Gasteiger partial charge in [0.1, 0.15) is 16.5 Å². The lowest BCUT2D eigenvalue weighted by Crippen LogP contribution is -2.17. The lowest BCUT2D eigenvalue weighted by molar-refractivity contribution is -0.140. The minimum atomic E-state index is -0.994. The van der Waals surface area contributed by atoms with Crippen molar-refractivity contribution >= 4 is 23.1 Å². The molecule has 0 bridgehead atoms. The number of hydrogen-bond acceptors (Lipinski definition) is 5. The van der Waals surface area contributed by atoms with Crippen LogP contribution in [0.1, 0.15) is 23.6 Å². The van der Waals surface area contributed by atoms with Crippen LogP contribution in [0.15, 0.2) is 60.0 Å². The number of carboxylic acid groups (broad SMARTS) is 1. The molecular formula is C21H19NO4S. The zero-order chi connectivity index (χ0) is 19.2. The second-order valence-corrected chi connectivity index (χ2v) is 6.95. The van der Waals surface area contributed by atoms with Gasteiger partial charge in [-0.1, -0.05) is 30.3 Å².